The molecule has 0 amide bonds. The van der Waals surface area contributed by atoms with Crippen molar-refractivity contribution in [2.75, 3.05) is 39.5 Å². The van der Waals surface area contributed by atoms with E-state index in [1.54, 1.807) is 0 Å². The SMILES string of the molecule is O=c1c(CN2C[C@H]3C[C@@H]2CO3)ccc2n1C[C@H]1C[C@@H]2CN(C2CCOCC2)C1. The summed E-state index contributed by atoms with van der Waals surface area (Å²) in [6, 6.07) is 5.56. The van der Waals surface area contributed by atoms with Crippen LogP contribution in [0.3, 0.4) is 0 Å². The highest BCUT2D eigenvalue weighted by Crippen LogP contribution is 2.37. The number of likely N-dealkylation sites (tertiary alicyclic amines) is 2. The van der Waals surface area contributed by atoms with Crippen LogP contribution in [0, 0.1) is 5.92 Å². The summed E-state index contributed by atoms with van der Waals surface area (Å²) in [7, 11) is 0. The molecule has 0 aliphatic carbocycles. The lowest BCUT2D eigenvalue weighted by Gasteiger charge is -2.46. The van der Waals surface area contributed by atoms with Crippen molar-refractivity contribution < 1.29 is 9.47 Å². The maximum atomic E-state index is 13.3. The van der Waals surface area contributed by atoms with Gasteiger partial charge in [-0.2, -0.15) is 0 Å². The van der Waals surface area contributed by atoms with Crippen molar-refractivity contribution in [1.82, 2.24) is 14.4 Å². The van der Waals surface area contributed by atoms with Crippen molar-refractivity contribution in [1.29, 1.82) is 0 Å². The summed E-state index contributed by atoms with van der Waals surface area (Å²) in [5, 5.41) is 0. The first kappa shape index (κ1) is 17.6. The van der Waals surface area contributed by atoms with Crippen LogP contribution in [-0.2, 0) is 22.6 Å². The highest BCUT2D eigenvalue weighted by atomic mass is 16.5. The second-order valence-electron chi connectivity index (χ2n) is 9.57. The van der Waals surface area contributed by atoms with E-state index < -0.39 is 0 Å². The number of morpholine rings is 1. The average molecular weight is 386 g/mol. The summed E-state index contributed by atoms with van der Waals surface area (Å²) in [5.41, 5.74) is 2.50. The van der Waals surface area contributed by atoms with Crippen LogP contribution >= 0.6 is 0 Å². The second kappa shape index (κ2) is 6.94. The number of hydrogen-bond acceptors (Lipinski definition) is 5. The zero-order chi connectivity index (χ0) is 18.7. The number of fused-ring (bicyclic) bond motifs is 6. The zero-order valence-electron chi connectivity index (χ0n) is 16.6. The van der Waals surface area contributed by atoms with Crippen molar-refractivity contribution in [3.8, 4) is 0 Å². The minimum atomic E-state index is 0.260. The lowest BCUT2D eigenvalue weighted by molar-refractivity contribution is 0.00573. The van der Waals surface area contributed by atoms with Crippen LogP contribution in [0.25, 0.3) is 0 Å². The summed E-state index contributed by atoms with van der Waals surface area (Å²) in [5.74, 6) is 1.12. The molecule has 6 nitrogen and oxygen atoms in total. The Morgan fingerprint density at radius 3 is 2.68 bits per heavy atom. The summed E-state index contributed by atoms with van der Waals surface area (Å²) in [6.45, 7) is 7.55. The van der Waals surface area contributed by atoms with E-state index in [9.17, 15) is 4.79 Å². The molecule has 152 valence electrons. The third-order valence-corrected chi connectivity index (χ3v) is 7.81. The predicted octanol–water partition coefficient (Wildman–Crippen LogP) is 1.42. The molecule has 0 saturated carbocycles. The first-order chi connectivity index (χ1) is 13.7. The smallest absolute Gasteiger partial charge is 0.255 e. The van der Waals surface area contributed by atoms with Gasteiger partial charge in [-0.1, -0.05) is 6.07 Å². The topological polar surface area (TPSA) is 46.9 Å². The zero-order valence-corrected chi connectivity index (χ0v) is 16.6. The Morgan fingerprint density at radius 2 is 1.89 bits per heavy atom. The first-order valence-corrected chi connectivity index (χ1v) is 11.1. The van der Waals surface area contributed by atoms with Crippen LogP contribution in [0.5, 0.6) is 0 Å². The van der Waals surface area contributed by atoms with Gasteiger partial charge in [-0.05, 0) is 37.7 Å². The molecule has 6 heteroatoms. The molecule has 6 heterocycles. The molecule has 4 fully saturated rings. The number of hydrogen-bond donors (Lipinski definition) is 0. The normalized spacial score (nSPS) is 36.0. The molecule has 5 aliphatic heterocycles. The van der Waals surface area contributed by atoms with E-state index in [-0.39, 0.29) is 5.56 Å². The van der Waals surface area contributed by atoms with Gasteiger partial charge in [-0.25, -0.2) is 0 Å². The van der Waals surface area contributed by atoms with Crippen LogP contribution in [0.4, 0.5) is 0 Å². The number of pyridine rings is 1. The van der Waals surface area contributed by atoms with E-state index >= 15 is 0 Å². The molecule has 28 heavy (non-hydrogen) atoms. The number of ether oxygens (including phenoxy) is 2. The van der Waals surface area contributed by atoms with Crippen molar-refractivity contribution in [2.45, 2.75) is 62.9 Å². The van der Waals surface area contributed by atoms with Gasteiger partial charge < -0.3 is 14.0 Å². The number of rotatable bonds is 3. The molecule has 4 atom stereocenters. The molecule has 0 aromatic carbocycles. The molecule has 0 N–H and O–H groups in total. The van der Waals surface area contributed by atoms with Gasteiger partial charge in [0.05, 0.1) is 12.7 Å². The Labute approximate surface area is 166 Å². The Morgan fingerprint density at radius 1 is 1.00 bits per heavy atom. The van der Waals surface area contributed by atoms with Gasteiger partial charge in [0.2, 0.25) is 0 Å². The van der Waals surface area contributed by atoms with Crippen molar-refractivity contribution in [2.24, 2.45) is 5.92 Å². The predicted molar refractivity (Wildman–Crippen MR) is 106 cm³/mol. The largest absolute Gasteiger partial charge is 0.381 e. The molecule has 0 unspecified atom stereocenters. The minimum Gasteiger partial charge on any atom is -0.381 e. The monoisotopic (exact) mass is 385 g/mol. The van der Waals surface area contributed by atoms with Crippen LogP contribution in [0.15, 0.2) is 16.9 Å². The number of aromatic nitrogens is 1. The van der Waals surface area contributed by atoms with Crippen LogP contribution in [0.2, 0.25) is 0 Å². The van der Waals surface area contributed by atoms with E-state index in [2.05, 4.69) is 26.5 Å². The minimum absolute atomic E-state index is 0.260. The molecule has 4 saturated heterocycles. The van der Waals surface area contributed by atoms with E-state index in [0.717, 1.165) is 77.4 Å². The van der Waals surface area contributed by atoms with Gasteiger partial charge in [0.25, 0.3) is 5.56 Å². The van der Waals surface area contributed by atoms with Crippen LogP contribution in [0.1, 0.15) is 42.9 Å². The van der Waals surface area contributed by atoms with E-state index in [1.807, 2.05) is 0 Å². The van der Waals surface area contributed by atoms with E-state index in [4.69, 9.17) is 9.47 Å². The second-order valence-corrected chi connectivity index (χ2v) is 9.57. The van der Waals surface area contributed by atoms with Crippen LogP contribution < -0.4 is 5.56 Å². The third-order valence-electron chi connectivity index (χ3n) is 7.81. The first-order valence-electron chi connectivity index (χ1n) is 11.1. The molecule has 4 bridgehead atoms. The van der Waals surface area contributed by atoms with E-state index in [1.165, 1.54) is 12.1 Å². The Hall–Kier alpha value is -1.21. The van der Waals surface area contributed by atoms with Crippen molar-refractivity contribution in [3.63, 3.8) is 0 Å². The molecule has 0 radical (unpaired) electrons. The van der Waals surface area contributed by atoms with Gasteiger partial charge in [-0.15, -0.1) is 0 Å². The molecule has 1 aromatic rings. The van der Waals surface area contributed by atoms with E-state index in [0.29, 0.717) is 30.0 Å². The molecular weight excluding hydrogens is 354 g/mol. The lowest BCUT2D eigenvalue weighted by atomic mass is 9.82. The highest BCUT2D eigenvalue weighted by molar-refractivity contribution is 5.23. The maximum absolute atomic E-state index is 13.3. The van der Waals surface area contributed by atoms with Crippen molar-refractivity contribution >= 4 is 0 Å². The fourth-order valence-corrected chi connectivity index (χ4v) is 6.39. The fourth-order valence-electron chi connectivity index (χ4n) is 6.39. The van der Waals surface area contributed by atoms with Crippen molar-refractivity contribution in [3.05, 3.63) is 33.7 Å². The number of piperidine rings is 1. The highest BCUT2D eigenvalue weighted by Gasteiger charge is 2.40. The van der Waals surface area contributed by atoms with Crippen LogP contribution in [-0.4, -0.2) is 72.0 Å². The number of nitrogens with zero attached hydrogens (tertiary/aromatic N) is 3. The summed E-state index contributed by atoms with van der Waals surface area (Å²) < 4.78 is 13.4. The molecule has 6 rings (SSSR count). The maximum Gasteiger partial charge on any atom is 0.255 e. The summed E-state index contributed by atoms with van der Waals surface area (Å²) >= 11 is 0. The molecule has 1 aromatic heterocycles. The quantitative estimate of drug-likeness (QED) is 0.788. The van der Waals surface area contributed by atoms with Gasteiger partial charge in [0, 0.05) is 75.2 Å². The Kier molecular flexibility index (Phi) is 4.37. The Balaban J connectivity index is 1.23. The fraction of sp³-hybridized carbons (Fsp3) is 0.773. The van der Waals surface area contributed by atoms with Gasteiger partial charge in [0.1, 0.15) is 0 Å². The lowest BCUT2D eigenvalue weighted by Crippen LogP contribution is -2.52. The standard InChI is InChI=1S/C22H31N3O3/c26-22-16(11-24-13-20-8-19(24)14-28-20)1-2-21-17-7-15(10-25(21)22)9-23(12-17)18-3-5-27-6-4-18/h1-2,15,17-20H,3-14H2/t15-,17+,19+,20+/m0/s1. The van der Waals surface area contributed by atoms with Gasteiger partial charge in [-0.3, -0.25) is 14.6 Å². The summed E-state index contributed by atoms with van der Waals surface area (Å²) in [4.78, 5) is 18.4. The molecule has 0 spiro atoms. The Bertz CT molecular complexity index is 803. The summed E-state index contributed by atoms with van der Waals surface area (Å²) in [6.07, 6.45) is 5.09. The molecule has 5 aliphatic rings. The van der Waals surface area contributed by atoms with Gasteiger partial charge in [0.15, 0.2) is 0 Å². The average Bonchev–Trinajstić information content (AvgIpc) is 3.34. The molecular formula is C22H31N3O3. The van der Waals surface area contributed by atoms with Gasteiger partial charge >= 0.3 is 0 Å². The third kappa shape index (κ3) is 2.96.